The van der Waals surface area contributed by atoms with Crippen LogP contribution in [0.15, 0.2) is 35.5 Å². The molecule has 0 amide bonds. The highest BCUT2D eigenvalue weighted by molar-refractivity contribution is 7.98. The molecule has 2 aromatic rings. The molecule has 0 saturated heterocycles. The van der Waals surface area contributed by atoms with Gasteiger partial charge in [-0.25, -0.2) is 4.98 Å². The highest BCUT2D eigenvalue weighted by Gasteiger charge is 2.05. The van der Waals surface area contributed by atoms with E-state index in [4.69, 9.17) is 21.6 Å². The first-order valence-electron chi connectivity index (χ1n) is 5.43. The lowest BCUT2D eigenvalue weighted by Crippen LogP contribution is -1.92. The van der Waals surface area contributed by atoms with Crippen LogP contribution in [-0.2, 0) is 6.42 Å². The zero-order chi connectivity index (χ0) is 13.7. The van der Waals surface area contributed by atoms with Crippen molar-refractivity contribution in [3.8, 4) is 17.7 Å². The lowest BCUT2D eigenvalue weighted by Gasteiger charge is -2.06. The fourth-order valence-corrected chi connectivity index (χ4v) is 2.00. The molecule has 0 atom stereocenters. The van der Waals surface area contributed by atoms with Crippen molar-refractivity contribution in [2.75, 3.05) is 6.26 Å². The van der Waals surface area contributed by atoms with Crippen LogP contribution in [0.25, 0.3) is 0 Å². The van der Waals surface area contributed by atoms with Crippen molar-refractivity contribution >= 4 is 23.4 Å². The first-order chi connectivity index (χ1) is 9.21. The number of rotatable bonds is 4. The molecule has 0 aliphatic carbocycles. The predicted octanol–water partition coefficient (Wildman–Crippen LogP) is 3.71. The van der Waals surface area contributed by atoms with Gasteiger partial charge in [0.25, 0.3) is 0 Å². The van der Waals surface area contributed by atoms with E-state index in [1.165, 1.54) is 11.8 Å². The summed E-state index contributed by atoms with van der Waals surface area (Å²) >= 11 is 7.28. The Hall–Kier alpha value is -1.77. The monoisotopic (exact) mass is 291 g/mol. The molecular formula is C13H10ClN3OS. The Kier molecular flexibility index (Phi) is 4.61. The largest absolute Gasteiger partial charge is 0.439 e. The van der Waals surface area contributed by atoms with Crippen LogP contribution in [0.5, 0.6) is 11.6 Å². The molecule has 4 nitrogen and oxygen atoms in total. The summed E-state index contributed by atoms with van der Waals surface area (Å²) in [4.78, 5) is 8.23. The second kappa shape index (κ2) is 6.41. The molecule has 0 bridgehead atoms. The molecule has 2 rings (SSSR count). The van der Waals surface area contributed by atoms with Crippen molar-refractivity contribution in [1.82, 2.24) is 9.97 Å². The molecule has 0 saturated carbocycles. The van der Waals surface area contributed by atoms with E-state index in [-0.39, 0.29) is 0 Å². The Morgan fingerprint density at radius 3 is 2.68 bits per heavy atom. The van der Waals surface area contributed by atoms with Gasteiger partial charge in [-0.05, 0) is 24.0 Å². The second-order valence-corrected chi connectivity index (χ2v) is 4.76. The average molecular weight is 292 g/mol. The van der Waals surface area contributed by atoms with Crippen LogP contribution in [0.3, 0.4) is 0 Å². The van der Waals surface area contributed by atoms with E-state index in [0.717, 1.165) is 5.56 Å². The maximum Gasteiger partial charge on any atom is 0.224 e. The molecule has 0 N–H and O–H groups in total. The summed E-state index contributed by atoms with van der Waals surface area (Å²) in [6, 6.07) is 10.9. The number of halogens is 1. The number of hydrogen-bond acceptors (Lipinski definition) is 5. The molecule has 6 heteroatoms. The van der Waals surface area contributed by atoms with Gasteiger partial charge in [0, 0.05) is 6.07 Å². The van der Waals surface area contributed by atoms with Crippen LogP contribution in [0.4, 0.5) is 0 Å². The third-order valence-corrected chi connectivity index (χ3v) is 3.00. The summed E-state index contributed by atoms with van der Waals surface area (Å²) in [5.74, 6) is 1.04. The molecule has 19 heavy (non-hydrogen) atoms. The standard InChI is InChI=1S/C13H10ClN3OS/c1-19-13-16-11(14)8-12(17-13)18-10-4-2-9(3-5-10)6-7-15/h2-5,8H,6H2,1H3. The Morgan fingerprint density at radius 1 is 1.32 bits per heavy atom. The van der Waals surface area contributed by atoms with Gasteiger partial charge in [0.05, 0.1) is 12.5 Å². The second-order valence-electron chi connectivity index (χ2n) is 3.60. The highest BCUT2D eigenvalue weighted by Crippen LogP contribution is 2.24. The van der Waals surface area contributed by atoms with Crippen molar-refractivity contribution in [2.45, 2.75) is 11.6 Å². The van der Waals surface area contributed by atoms with Gasteiger partial charge >= 0.3 is 0 Å². The normalized spacial score (nSPS) is 9.95. The SMILES string of the molecule is CSc1nc(Cl)cc(Oc2ccc(CC#N)cc2)n1. The number of hydrogen-bond donors (Lipinski definition) is 0. The molecule has 1 aromatic carbocycles. The fraction of sp³-hybridized carbons (Fsp3) is 0.154. The Labute approximate surface area is 120 Å². The van der Waals surface area contributed by atoms with Gasteiger partial charge in [0.1, 0.15) is 10.9 Å². The quantitative estimate of drug-likeness (QED) is 0.488. The zero-order valence-electron chi connectivity index (χ0n) is 10.1. The minimum atomic E-state index is 0.343. The van der Waals surface area contributed by atoms with Crippen molar-refractivity contribution in [2.24, 2.45) is 0 Å². The van der Waals surface area contributed by atoms with Crippen LogP contribution in [0, 0.1) is 11.3 Å². The molecule has 1 aromatic heterocycles. The fourth-order valence-electron chi connectivity index (χ4n) is 1.41. The summed E-state index contributed by atoms with van der Waals surface area (Å²) in [7, 11) is 0. The third kappa shape index (κ3) is 3.85. The third-order valence-electron chi connectivity index (χ3n) is 2.26. The molecule has 0 radical (unpaired) electrons. The van der Waals surface area contributed by atoms with Crippen molar-refractivity contribution in [3.63, 3.8) is 0 Å². The van der Waals surface area contributed by atoms with Crippen LogP contribution in [0.2, 0.25) is 5.15 Å². The maximum atomic E-state index is 8.60. The lowest BCUT2D eigenvalue weighted by atomic mass is 10.2. The number of thioether (sulfide) groups is 1. The molecular weight excluding hydrogens is 282 g/mol. The molecule has 0 aliphatic heterocycles. The van der Waals surface area contributed by atoms with Gasteiger partial charge in [-0.15, -0.1) is 0 Å². The molecule has 0 fully saturated rings. The minimum absolute atomic E-state index is 0.343. The molecule has 0 aliphatic rings. The van der Waals surface area contributed by atoms with E-state index >= 15 is 0 Å². The van der Waals surface area contributed by atoms with Crippen molar-refractivity contribution < 1.29 is 4.74 Å². The Balaban J connectivity index is 2.16. The number of benzene rings is 1. The predicted molar refractivity (Wildman–Crippen MR) is 74.7 cm³/mol. The number of ether oxygens (including phenoxy) is 1. The van der Waals surface area contributed by atoms with Crippen molar-refractivity contribution in [3.05, 3.63) is 41.0 Å². The molecule has 0 spiro atoms. The van der Waals surface area contributed by atoms with E-state index in [1.54, 1.807) is 18.2 Å². The Bertz CT molecular complexity index is 610. The maximum absolute atomic E-state index is 8.60. The number of aromatic nitrogens is 2. The lowest BCUT2D eigenvalue weighted by molar-refractivity contribution is 0.455. The smallest absolute Gasteiger partial charge is 0.224 e. The van der Waals surface area contributed by atoms with Crippen LogP contribution in [0.1, 0.15) is 5.56 Å². The van der Waals surface area contributed by atoms with Crippen molar-refractivity contribution in [1.29, 1.82) is 5.26 Å². The summed E-state index contributed by atoms with van der Waals surface area (Å²) in [6.45, 7) is 0. The first kappa shape index (κ1) is 13.7. The van der Waals surface area contributed by atoms with Crippen LogP contribution >= 0.6 is 23.4 Å². The topological polar surface area (TPSA) is 58.8 Å². The molecule has 1 heterocycles. The number of nitriles is 1. The van der Waals surface area contributed by atoms with Gasteiger partial charge < -0.3 is 4.74 Å². The summed E-state index contributed by atoms with van der Waals surface area (Å²) in [5.41, 5.74) is 0.945. The summed E-state index contributed by atoms with van der Waals surface area (Å²) in [5, 5.41) is 9.50. The minimum Gasteiger partial charge on any atom is -0.439 e. The van der Waals surface area contributed by atoms with Gasteiger partial charge in [-0.3, -0.25) is 0 Å². The van der Waals surface area contributed by atoms with Gasteiger partial charge in [-0.2, -0.15) is 10.2 Å². The van der Waals surface area contributed by atoms with E-state index in [1.807, 2.05) is 18.4 Å². The first-order valence-corrected chi connectivity index (χ1v) is 7.04. The molecule has 96 valence electrons. The van der Waals surface area contributed by atoms with Crippen LogP contribution < -0.4 is 4.74 Å². The number of nitrogens with zero attached hydrogens (tertiary/aromatic N) is 3. The molecule has 0 unspecified atom stereocenters. The Morgan fingerprint density at radius 2 is 2.05 bits per heavy atom. The summed E-state index contributed by atoms with van der Waals surface area (Å²) in [6.07, 6.45) is 2.25. The average Bonchev–Trinajstić information content (AvgIpc) is 2.40. The van der Waals surface area contributed by atoms with Crippen LogP contribution in [-0.4, -0.2) is 16.2 Å². The highest BCUT2D eigenvalue weighted by atomic mass is 35.5. The zero-order valence-corrected chi connectivity index (χ0v) is 11.7. The van der Waals surface area contributed by atoms with E-state index in [0.29, 0.717) is 28.4 Å². The van der Waals surface area contributed by atoms with E-state index in [9.17, 15) is 0 Å². The summed E-state index contributed by atoms with van der Waals surface area (Å²) < 4.78 is 5.60. The van der Waals surface area contributed by atoms with Gasteiger partial charge in [-0.1, -0.05) is 35.5 Å². The van der Waals surface area contributed by atoms with Gasteiger partial charge in [0.15, 0.2) is 5.16 Å². The van der Waals surface area contributed by atoms with E-state index < -0.39 is 0 Å². The van der Waals surface area contributed by atoms with E-state index in [2.05, 4.69) is 16.0 Å². The van der Waals surface area contributed by atoms with Gasteiger partial charge in [0.2, 0.25) is 5.88 Å².